The second-order valence-electron chi connectivity index (χ2n) is 4.99. The van der Waals surface area contributed by atoms with Crippen LogP contribution in [0.3, 0.4) is 0 Å². The number of aryl methyl sites for hydroxylation is 1. The van der Waals surface area contributed by atoms with Crippen molar-refractivity contribution in [2.24, 2.45) is 0 Å². The summed E-state index contributed by atoms with van der Waals surface area (Å²) in [6.07, 6.45) is 1.53. The molecule has 0 aliphatic carbocycles. The Morgan fingerprint density at radius 3 is 2.83 bits per heavy atom. The molecular weight excluding hydrogens is 351 g/mol. The zero-order chi connectivity index (χ0) is 17.7. The lowest BCUT2D eigenvalue weighted by Crippen LogP contribution is -2.30. The van der Waals surface area contributed by atoms with E-state index in [1.54, 1.807) is 18.2 Å². The number of ether oxygens (including phenoxy) is 1. The van der Waals surface area contributed by atoms with Gasteiger partial charge in [0.15, 0.2) is 5.17 Å². The first-order chi connectivity index (χ1) is 11.5. The zero-order valence-electron chi connectivity index (χ0n) is 13.4. The Labute approximate surface area is 148 Å². The van der Waals surface area contributed by atoms with Crippen LogP contribution in [0.4, 0.5) is 4.39 Å². The number of benzene rings is 1. The molecule has 5 nitrogen and oxygen atoms in total. The van der Waals surface area contributed by atoms with E-state index < -0.39 is 5.82 Å². The molecule has 1 aromatic heterocycles. The number of nitrogens with zero attached hydrogens (tertiary/aromatic N) is 2. The largest absolute Gasteiger partial charge is 0.481 e. The van der Waals surface area contributed by atoms with Crippen LogP contribution in [0.2, 0.25) is 5.02 Å². The smallest absolute Gasteiger partial charge is 0.231 e. The van der Waals surface area contributed by atoms with Gasteiger partial charge >= 0.3 is 0 Å². The number of hydrogen-bond acceptors (Lipinski definition) is 5. The van der Waals surface area contributed by atoms with Gasteiger partial charge in [-0.05, 0) is 18.6 Å². The Morgan fingerprint density at radius 2 is 2.21 bits per heavy atom. The summed E-state index contributed by atoms with van der Waals surface area (Å²) < 4.78 is 20.4. The maximum absolute atomic E-state index is 13.8. The minimum absolute atomic E-state index is 0.0880. The molecule has 0 bridgehead atoms. The van der Waals surface area contributed by atoms with Gasteiger partial charge in [-0.25, -0.2) is 4.39 Å². The fourth-order valence-electron chi connectivity index (χ4n) is 2.18. The number of rotatable bonds is 5. The Bertz CT molecular complexity index is 789. The third kappa shape index (κ3) is 4.15. The standard InChI is InChI=1S/C16H18ClFN4OS/c1-3-5-10-8-14(23-2)21-15(19)22(10)16(20)24-9-11-12(17)6-4-7-13(11)18/h4,6-8,19-20H,3,5,9H2,1-2H3. The molecule has 1 aromatic carbocycles. The monoisotopic (exact) mass is 368 g/mol. The summed E-state index contributed by atoms with van der Waals surface area (Å²) in [5.41, 5.74) is 1.01. The zero-order valence-corrected chi connectivity index (χ0v) is 15.0. The predicted molar refractivity (Wildman–Crippen MR) is 94.5 cm³/mol. The first-order valence-electron chi connectivity index (χ1n) is 7.34. The Balaban J connectivity index is 2.28. The van der Waals surface area contributed by atoms with Gasteiger partial charge in [-0.15, -0.1) is 0 Å². The minimum Gasteiger partial charge on any atom is -0.481 e. The Kier molecular flexibility index (Phi) is 6.39. The van der Waals surface area contributed by atoms with E-state index in [4.69, 9.17) is 27.2 Å². The third-order valence-corrected chi connectivity index (χ3v) is 4.58. The second-order valence-corrected chi connectivity index (χ2v) is 6.36. The normalized spacial score (nSPS) is 10.7. The molecule has 24 heavy (non-hydrogen) atoms. The average molecular weight is 369 g/mol. The molecular formula is C16H18ClFN4OS. The van der Waals surface area contributed by atoms with E-state index in [9.17, 15) is 4.39 Å². The van der Waals surface area contributed by atoms with Gasteiger partial charge in [0.25, 0.3) is 0 Å². The van der Waals surface area contributed by atoms with E-state index in [0.717, 1.165) is 23.9 Å². The highest BCUT2D eigenvalue weighted by atomic mass is 35.5. The van der Waals surface area contributed by atoms with Crippen molar-refractivity contribution in [2.75, 3.05) is 7.11 Å². The van der Waals surface area contributed by atoms with Crippen LogP contribution >= 0.6 is 23.4 Å². The van der Waals surface area contributed by atoms with Gasteiger partial charge in [-0.3, -0.25) is 15.4 Å². The molecule has 0 aliphatic rings. The van der Waals surface area contributed by atoms with E-state index in [1.807, 2.05) is 6.92 Å². The molecule has 0 fully saturated rings. The van der Waals surface area contributed by atoms with Crippen LogP contribution in [0, 0.1) is 16.6 Å². The summed E-state index contributed by atoms with van der Waals surface area (Å²) in [5, 5.41) is 16.7. The van der Waals surface area contributed by atoms with Crippen LogP contribution in [0.1, 0.15) is 24.6 Å². The first-order valence-corrected chi connectivity index (χ1v) is 8.70. The highest BCUT2D eigenvalue weighted by Gasteiger charge is 2.14. The number of aromatic nitrogens is 2. The van der Waals surface area contributed by atoms with Crippen molar-refractivity contribution >= 4 is 28.5 Å². The maximum atomic E-state index is 13.8. The summed E-state index contributed by atoms with van der Waals surface area (Å²) in [5.74, 6) is 0.143. The van der Waals surface area contributed by atoms with Gasteiger partial charge in [0.05, 0.1) is 7.11 Å². The maximum Gasteiger partial charge on any atom is 0.231 e. The summed E-state index contributed by atoms with van der Waals surface area (Å²) >= 11 is 7.11. The van der Waals surface area contributed by atoms with Crippen LogP contribution in [0.5, 0.6) is 5.88 Å². The minimum atomic E-state index is -0.402. The van der Waals surface area contributed by atoms with Crippen LogP contribution in [0.25, 0.3) is 0 Å². The van der Waals surface area contributed by atoms with E-state index in [2.05, 4.69) is 4.98 Å². The van der Waals surface area contributed by atoms with E-state index in [1.165, 1.54) is 17.7 Å². The quantitative estimate of drug-likeness (QED) is 0.622. The van der Waals surface area contributed by atoms with Gasteiger partial charge in [-0.1, -0.05) is 42.8 Å². The molecule has 0 unspecified atom stereocenters. The van der Waals surface area contributed by atoms with Crippen molar-refractivity contribution in [1.29, 1.82) is 10.8 Å². The highest BCUT2D eigenvalue weighted by molar-refractivity contribution is 8.13. The third-order valence-electron chi connectivity index (χ3n) is 3.34. The van der Waals surface area contributed by atoms with Crippen molar-refractivity contribution in [3.63, 3.8) is 0 Å². The van der Waals surface area contributed by atoms with E-state index >= 15 is 0 Å². The van der Waals surface area contributed by atoms with Crippen LogP contribution in [0.15, 0.2) is 24.3 Å². The highest BCUT2D eigenvalue weighted by Crippen LogP contribution is 2.25. The van der Waals surface area contributed by atoms with Crippen molar-refractivity contribution in [2.45, 2.75) is 25.5 Å². The molecule has 1 heterocycles. The molecule has 0 saturated carbocycles. The van der Waals surface area contributed by atoms with E-state index in [0.29, 0.717) is 22.9 Å². The van der Waals surface area contributed by atoms with Crippen molar-refractivity contribution in [3.05, 3.63) is 52.0 Å². The first kappa shape index (κ1) is 18.5. The molecule has 0 radical (unpaired) electrons. The molecule has 0 atom stereocenters. The molecule has 2 aromatic rings. The predicted octanol–water partition coefficient (Wildman–Crippen LogP) is 3.83. The summed E-state index contributed by atoms with van der Waals surface area (Å²) in [6.45, 7) is 2.01. The number of nitrogens with one attached hydrogen (secondary N) is 2. The topological polar surface area (TPSA) is 74.8 Å². The van der Waals surface area contributed by atoms with Gasteiger partial charge in [0, 0.05) is 28.1 Å². The number of halogens is 2. The van der Waals surface area contributed by atoms with Gasteiger partial charge in [0.2, 0.25) is 11.5 Å². The molecule has 0 spiro atoms. The molecule has 2 rings (SSSR count). The SMILES string of the molecule is CCCc1cc(OC)nc(=N)n1C(=N)SCc1c(F)cccc1Cl. The lowest BCUT2D eigenvalue weighted by atomic mass is 10.2. The molecule has 128 valence electrons. The van der Waals surface area contributed by atoms with Gasteiger partial charge < -0.3 is 4.74 Å². The van der Waals surface area contributed by atoms with Crippen molar-refractivity contribution in [3.8, 4) is 5.88 Å². The Morgan fingerprint density at radius 1 is 1.46 bits per heavy atom. The second kappa shape index (κ2) is 8.30. The molecule has 0 aliphatic heterocycles. The molecule has 8 heteroatoms. The van der Waals surface area contributed by atoms with Crippen LogP contribution in [-0.4, -0.2) is 21.8 Å². The van der Waals surface area contributed by atoms with E-state index in [-0.39, 0.29) is 16.5 Å². The lowest BCUT2D eigenvalue weighted by molar-refractivity contribution is 0.392. The molecule has 2 N–H and O–H groups in total. The fraction of sp³-hybridized carbons (Fsp3) is 0.312. The van der Waals surface area contributed by atoms with Crippen molar-refractivity contribution in [1.82, 2.24) is 9.55 Å². The number of thioether (sulfide) groups is 1. The van der Waals surface area contributed by atoms with Crippen molar-refractivity contribution < 1.29 is 9.13 Å². The number of methoxy groups -OCH3 is 1. The van der Waals surface area contributed by atoms with Gasteiger partial charge in [0.1, 0.15) is 5.82 Å². The Hall–Kier alpha value is -1.86. The van der Waals surface area contributed by atoms with Crippen LogP contribution < -0.4 is 10.4 Å². The fourth-order valence-corrected chi connectivity index (χ4v) is 3.39. The summed E-state index contributed by atoms with van der Waals surface area (Å²) in [4.78, 5) is 4.00. The molecule has 0 amide bonds. The molecule has 0 saturated heterocycles. The summed E-state index contributed by atoms with van der Waals surface area (Å²) in [7, 11) is 1.49. The van der Waals surface area contributed by atoms with Gasteiger partial charge in [-0.2, -0.15) is 4.98 Å². The average Bonchev–Trinajstić information content (AvgIpc) is 2.54. The van der Waals surface area contributed by atoms with Crippen LogP contribution in [-0.2, 0) is 12.2 Å². The number of hydrogen-bond donors (Lipinski definition) is 2. The summed E-state index contributed by atoms with van der Waals surface area (Å²) in [6, 6.07) is 6.21. The lowest BCUT2D eigenvalue weighted by Gasteiger charge is -2.15.